The molecule has 2 N–H and O–H groups in total. The minimum Gasteiger partial charge on any atom is -0.393 e. The molecule has 0 radical (unpaired) electrons. The molecule has 0 aromatic rings. The largest absolute Gasteiger partial charge is 0.393 e. The summed E-state index contributed by atoms with van der Waals surface area (Å²) >= 11 is 0. The highest BCUT2D eigenvalue weighted by atomic mass is 16.3. The van der Waals surface area contributed by atoms with E-state index in [4.69, 9.17) is 0 Å². The first-order chi connectivity index (χ1) is 9.24. The molecule has 0 bridgehead atoms. The van der Waals surface area contributed by atoms with Gasteiger partial charge in [0.25, 0.3) is 0 Å². The highest BCUT2D eigenvalue weighted by Crippen LogP contribution is 2.27. The van der Waals surface area contributed by atoms with E-state index in [1.54, 1.807) is 0 Å². The molecule has 1 rings (SSSR count). The molecule has 1 aliphatic carbocycles. The van der Waals surface area contributed by atoms with Gasteiger partial charge in [-0.2, -0.15) is 0 Å². The van der Waals surface area contributed by atoms with Gasteiger partial charge in [-0.25, -0.2) is 0 Å². The summed E-state index contributed by atoms with van der Waals surface area (Å²) < 4.78 is 0. The first-order valence-electron chi connectivity index (χ1n) is 7.74. The number of aliphatic hydroxyl groups is 1. The van der Waals surface area contributed by atoms with Gasteiger partial charge in [0.2, 0.25) is 5.91 Å². The summed E-state index contributed by atoms with van der Waals surface area (Å²) in [4.78, 5) is 24.1. The smallest absolute Gasteiger partial charge is 0.220 e. The molecule has 4 nitrogen and oxygen atoms in total. The van der Waals surface area contributed by atoms with E-state index in [2.05, 4.69) is 5.32 Å². The Labute approximate surface area is 122 Å². The fourth-order valence-corrected chi connectivity index (χ4v) is 2.82. The van der Waals surface area contributed by atoms with E-state index in [0.29, 0.717) is 18.8 Å². The molecule has 0 aliphatic heterocycles. The van der Waals surface area contributed by atoms with Gasteiger partial charge in [0.1, 0.15) is 0 Å². The van der Waals surface area contributed by atoms with Crippen LogP contribution in [0.1, 0.15) is 66.2 Å². The van der Waals surface area contributed by atoms with E-state index < -0.39 is 6.04 Å². The van der Waals surface area contributed by atoms with Crippen molar-refractivity contribution in [3.8, 4) is 0 Å². The maximum absolute atomic E-state index is 12.1. The van der Waals surface area contributed by atoms with Crippen LogP contribution in [0.25, 0.3) is 0 Å². The molecule has 1 amide bonds. The number of nitrogens with one attached hydrogen (secondary N) is 1. The topological polar surface area (TPSA) is 66.4 Å². The van der Waals surface area contributed by atoms with Crippen molar-refractivity contribution in [3.63, 3.8) is 0 Å². The lowest BCUT2D eigenvalue weighted by Gasteiger charge is -2.31. The van der Waals surface area contributed by atoms with Gasteiger partial charge in [-0.1, -0.05) is 27.7 Å². The number of carbonyl (C=O) groups is 2. The number of aliphatic hydroxyl groups excluding tert-OH is 1. The van der Waals surface area contributed by atoms with Crippen molar-refractivity contribution in [3.05, 3.63) is 0 Å². The lowest BCUT2D eigenvalue weighted by molar-refractivity contribution is -0.130. The molecule has 0 saturated heterocycles. The third-order valence-electron chi connectivity index (χ3n) is 4.13. The molecule has 1 atom stereocenters. The fourth-order valence-electron chi connectivity index (χ4n) is 2.82. The molecule has 1 aliphatic rings. The number of ketones is 1. The van der Waals surface area contributed by atoms with E-state index in [1.165, 1.54) is 0 Å². The van der Waals surface area contributed by atoms with Crippen LogP contribution in [0.3, 0.4) is 0 Å². The van der Waals surface area contributed by atoms with Gasteiger partial charge >= 0.3 is 0 Å². The Morgan fingerprint density at radius 1 is 1.20 bits per heavy atom. The van der Waals surface area contributed by atoms with Gasteiger partial charge in [-0.05, 0) is 37.0 Å². The molecule has 0 heterocycles. The predicted molar refractivity (Wildman–Crippen MR) is 79.3 cm³/mol. The van der Waals surface area contributed by atoms with Gasteiger partial charge in [-0.15, -0.1) is 0 Å². The Morgan fingerprint density at radius 3 is 2.20 bits per heavy atom. The quantitative estimate of drug-likeness (QED) is 0.814. The van der Waals surface area contributed by atoms with Crippen LogP contribution in [0.4, 0.5) is 0 Å². The third-order valence-corrected chi connectivity index (χ3v) is 4.13. The van der Waals surface area contributed by atoms with Crippen LogP contribution in [0.15, 0.2) is 0 Å². The minimum absolute atomic E-state index is 0.0342. The van der Waals surface area contributed by atoms with Gasteiger partial charge in [0, 0.05) is 12.8 Å². The lowest BCUT2D eigenvalue weighted by atomic mass is 9.82. The zero-order valence-corrected chi connectivity index (χ0v) is 13.2. The second-order valence-corrected chi connectivity index (χ2v) is 7.07. The number of Topliss-reactive ketones (excluding diaryl/α,β-unsaturated/α-hetero) is 1. The van der Waals surface area contributed by atoms with E-state index in [0.717, 1.165) is 25.7 Å². The number of carbonyl (C=O) groups excluding carboxylic acids is 2. The molecule has 116 valence electrons. The molecule has 0 spiro atoms. The monoisotopic (exact) mass is 283 g/mol. The Morgan fingerprint density at radius 2 is 1.75 bits per heavy atom. The molecule has 0 aromatic carbocycles. The summed E-state index contributed by atoms with van der Waals surface area (Å²) in [5, 5.41) is 12.4. The van der Waals surface area contributed by atoms with Crippen molar-refractivity contribution in [1.82, 2.24) is 5.32 Å². The number of amides is 1. The van der Waals surface area contributed by atoms with Gasteiger partial charge in [0.15, 0.2) is 5.78 Å². The summed E-state index contributed by atoms with van der Waals surface area (Å²) in [5.74, 6) is 0.397. The minimum atomic E-state index is -0.408. The van der Waals surface area contributed by atoms with Gasteiger partial charge in [-0.3, -0.25) is 9.59 Å². The zero-order valence-electron chi connectivity index (χ0n) is 13.2. The molecular weight excluding hydrogens is 254 g/mol. The van der Waals surface area contributed by atoms with Crippen molar-refractivity contribution < 1.29 is 14.7 Å². The highest BCUT2D eigenvalue weighted by Gasteiger charge is 2.32. The van der Waals surface area contributed by atoms with Crippen LogP contribution >= 0.6 is 0 Å². The summed E-state index contributed by atoms with van der Waals surface area (Å²) in [6, 6.07) is -0.408. The molecule has 0 unspecified atom stereocenters. The Hall–Kier alpha value is -0.900. The van der Waals surface area contributed by atoms with E-state index in [9.17, 15) is 14.7 Å². The highest BCUT2D eigenvalue weighted by molar-refractivity contribution is 5.89. The molecule has 0 aromatic heterocycles. The van der Waals surface area contributed by atoms with E-state index in [-0.39, 0.29) is 23.2 Å². The molecule has 20 heavy (non-hydrogen) atoms. The third kappa shape index (κ3) is 5.23. The van der Waals surface area contributed by atoms with Gasteiger partial charge in [0.05, 0.1) is 12.1 Å². The van der Waals surface area contributed by atoms with Crippen LogP contribution in [-0.4, -0.2) is 28.9 Å². The van der Waals surface area contributed by atoms with Crippen molar-refractivity contribution >= 4 is 11.7 Å². The molecule has 4 heteroatoms. The Kier molecular flexibility index (Phi) is 6.18. The summed E-state index contributed by atoms with van der Waals surface area (Å²) in [5.41, 5.74) is -0.258. The van der Waals surface area contributed by atoms with Crippen LogP contribution in [0.2, 0.25) is 0 Å². The number of hydrogen-bond acceptors (Lipinski definition) is 3. The second-order valence-electron chi connectivity index (χ2n) is 7.07. The van der Waals surface area contributed by atoms with Crippen molar-refractivity contribution in [2.24, 2.45) is 11.3 Å². The van der Waals surface area contributed by atoms with Crippen LogP contribution in [0, 0.1) is 11.3 Å². The second kappa shape index (κ2) is 7.21. The predicted octanol–water partition coefficient (Wildman–Crippen LogP) is 2.44. The van der Waals surface area contributed by atoms with Crippen molar-refractivity contribution in [2.75, 3.05) is 0 Å². The summed E-state index contributed by atoms with van der Waals surface area (Å²) in [6.07, 6.45) is 4.09. The molecule has 1 fully saturated rings. The van der Waals surface area contributed by atoms with Gasteiger partial charge < -0.3 is 10.4 Å². The standard InChI is InChI=1S/C16H29NO3/c1-5-13(19)15(16(2,3)4)17-14(20)10-11-6-8-12(18)9-7-11/h11-12,15,18H,5-10H2,1-4H3,(H,17,20)/t11?,12?,15-/m1/s1. The average Bonchev–Trinajstić information content (AvgIpc) is 2.36. The average molecular weight is 283 g/mol. The Bertz CT molecular complexity index is 338. The Balaban J connectivity index is 2.52. The first kappa shape index (κ1) is 17.2. The van der Waals surface area contributed by atoms with E-state index >= 15 is 0 Å². The fraction of sp³-hybridized carbons (Fsp3) is 0.875. The summed E-state index contributed by atoms with van der Waals surface area (Å²) in [6.45, 7) is 7.75. The zero-order chi connectivity index (χ0) is 15.3. The van der Waals surface area contributed by atoms with Crippen LogP contribution < -0.4 is 5.32 Å². The first-order valence-corrected chi connectivity index (χ1v) is 7.74. The molecular formula is C16H29NO3. The molecule has 1 saturated carbocycles. The summed E-state index contributed by atoms with van der Waals surface area (Å²) in [7, 11) is 0. The van der Waals surface area contributed by atoms with E-state index in [1.807, 2.05) is 27.7 Å². The van der Waals surface area contributed by atoms with Crippen molar-refractivity contribution in [2.45, 2.75) is 78.4 Å². The lowest BCUT2D eigenvalue weighted by Crippen LogP contribution is -2.49. The normalized spacial score (nSPS) is 25.1. The maximum atomic E-state index is 12.1. The number of hydrogen-bond donors (Lipinski definition) is 2. The SMILES string of the molecule is CCC(=O)[C@@H](NC(=O)CC1CCC(O)CC1)C(C)(C)C. The van der Waals surface area contributed by atoms with Crippen LogP contribution in [0.5, 0.6) is 0 Å². The maximum Gasteiger partial charge on any atom is 0.220 e. The van der Waals surface area contributed by atoms with Crippen LogP contribution in [-0.2, 0) is 9.59 Å². The number of rotatable bonds is 5. The van der Waals surface area contributed by atoms with Crippen molar-refractivity contribution in [1.29, 1.82) is 0 Å².